The second-order valence-electron chi connectivity index (χ2n) is 6.35. The molecule has 1 amide bonds. The first-order chi connectivity index (χ1) is 12.4. The molecule has 1 fully saturated rings. The maximum absolute atomic E-state index is 12.5. The quantitative estimate of drug-likeness (QED) is 0.673. The van der Waals surface area contributed by atoms with Crippen molar-refractivity contribution < 1.29 is 17.6 Å². The van der Waals surface area contributed by atoms with Crippen molar-refractivity contribution in [2.45, 2.75) is 30.7 Å². The topological polar surface area (TPSA) is 100 Å². The molecular formula is C18H23N3O4S. The summed E-state index contributed by atoms with van der Waals surface area (Å²) in [5.74, 6) is 1.25. The molecule has 1 aromatic carbocycles. The van der Waals surface area contributed by atoms with Gasteiger partial charge in [-0.25, -0.2) is 13.1 Å². The fourth-order valence-corrected chi connectivity index (χ4v) is 3.94. The number of carbonyl (C=O) groups excluding carboxylic acids is 1. The van der Waals surface area contributed by atoms with Crippen molar-refractivity contribution in [2.24, 2.45) is 0 Å². The molecule has 1 atom stereocenters. The molecular weight excluding hydrogens is 354 g/mol. The molecule has 3 rings (SSSR count). The van der Waals surface area contributed by atoms with Gasteiger partial charge < -0.3 is 15.1 Å². The Bertz CT molecular complexity index is 870. The summed E-state index contributed by atoms with van der Waals surface area (Å²) >= 11 is 0. The van der Waals surface area contributed by atoms with E-state index in [-0.39, 0.29) is 23.4 Å². The number of hydrogen-bond donors (Lipinski definition) is 3. The second kappa shape index (κ2) is 8.03. The van der Waals surface area contributed by atoms with Crippen LogP contribution in [0.5, 0.6) is 0 Å². The molecule has 26 heavy (non-hydrogen) atoms. The first-order valence-corrected chi connectivity index (χ1v) is 10.1. The van der Waals surface area contributed by atoms with Crippen LogP contribution in [0.2, 0.25) is 0 Å². The minimum Gasteiger partial charge on any atom is -0.466 e. The summed E-state index contributed by atoms with van der Waals surface area (Å²) in [6.07, 6.45) is 1.33. The zero-order valence-corrected chi connectivity index (χ0v) is 15.4. The summed E-state index contributed by atoms with van der Waals surface area (Å²) < 4.78 is 32.9. The molecule has 1 aliphatic heterocycles. The van der Waals surface area contributed by atoms with Crippen LogP contribution in [-0.4, -0.2) is 40.0 Å². The monoisotopic (exact) mass is 377 g/mol. The van der Waals surface area contributed by atoms with E-state index in [0.717, 1.165) is 31.0 Å². The van der Waals surface area contributed by atoms with Crippen molar-refractivity contribution in [3.63, 3.8) is 0 Å². The summed E-state index contributed by atoms with van der Waals surface area (Å²) in [6.45, 7) is 3.67. The molecule has 2 aromatic rings. The highest BCUT2D eigenvalue weighted by atomic mass is 32.2. The lowest BCUT2D eigenvalue weighted by molar-refractivity contribution is 0.0940. The number of carbonyl (C=O) groups is 1. The van der Waals surface area contributed by atoms with Crippen LogP contribution >= 0.6 is 0 Å². The Labute approximate surface area is 153 Å². The largest absolute Gasteiger partial charge is 0.466 e. The molecule has 8 heteroatoms. The average Bonchev–Trinajstić information content (AvgIpc) is 3.27. The van der Waals surface area contributed by atoms with E-state index in [4.69, 9.17) is 4.42 Å². The number of rotatable bonds is 7. The van der Waals surface area contributed by atoms with E-state index >= 15 is 0 Å². The molecule has 140 valence electrons. The standard InChI is InChI=1S/C18H23N3O4S/c1-13-5-6-16(25-13)8-10-20-26(23,24)17-4-2-3-14(11-17)18(22)21-15-7-9-19-12-15/h2-6,11,15,19-20H,7-10,12H2,1H3,(H,21,22)/t15-/m1/s1. The van der Waals surface area contributed by atoms with Crippen molar-refractivity contribution in [2.75, 3.05) is 19.6 Å². The third-order valence-electron chi connectivity index (χ3n) is 4.26. The summed E-state index contributed by atoms with van der Waals surface area (Å²) in [5, 5.41) is 6.09. The fraction of sp³-hybridized carbons (Fsp3) is 0.389. The lowest BCUT2D eigenvalue weighted by Crippen LogP contribution is -2.36. The van der Waals surface area contributed by atoms with E-state index in [1.54, 1.807) is 12.1 Å². The van der Waals surface area contributed by atoms with E-state index in [1.165, 1.54) is 12.1 Å². The summed E-state index contributed by atoms with van der Waals surface area (Å²) in [5.41, 5.74) is 0.335. The molecule has 1 saturated heterocycles. The van der Waals surface area contributed by atoms with Gasteiger partial charge in [-0.15, -0.1) is 0 Å². The minimum absolute atomic E-state index is 0.0744. The zero-order chi connectivity index (χ0) is 18.6. The van der Waals surface area contributed by atoms with Crippen molar-refractivity contribution in [1.82, 2.24) is 15.4 Å². The van der Waals surface area contributed by atoms with Crippen LogP contribution in [0, 0.1) is 6.92 Å². The Morgan fingerprint density at radius 3 is 2.85 bits per heavy atom. The molecule has 1 aliphatic rings. The molecule has 0 aliphatic carbocycles. The Morgan fingerprint density at radius 2 is 2.15 bits per heavy atom. The molecule has 2 heterocycles. The van der Waals surface area contributed by atoms with Crippen molar-refractivity contribution in [3.8, 4) is 0 Å². The molecule has 3 N–H and O–H groups in total. The van der Waals surface area contributed by atoms with Gasteiger partial charge >= 0.3 is 0 Å². The van der Waals surface area contributed by atoms with Gasteiger partial charge in [-0.2, -0.15) is 0 Å². The van der Waals surface area contributed by atoms with Gasteiger partial charge in [0.25, 0.3) is 5.91 Å². The van der Waals surface area contributed by atoms with Gasteiger partial charge in [0.15, 0.2) is 0 Å². The average molecular weight is 377 g/mol. The molecule has 0 radical (unpaired) electrons. The molecule has 0 unspecified atom stereocenters. The fourth-order valence-electron chi connectivity index (χ4n) is 2.86. The van der Waals surface area contributed by atoms with Gasteiger partial charge in [0, 0.05) is 31.1 Å². The van der Waals surface area contributed by atoms with Crippen LogP contribution in [0.25, 0.3) is 0 Å². The molecule has 0 saturated carbocycles. The molecule has 1 aromatic heterocycles. The predicted octanol–water partition coefficient (Wildman–Crippen LogP) is 1.20. The van der Waals surface area contributed by atoms with E-state index in [9.17, 15) is 13.2 Å². The van der Waals surface area contributed by atoms with E-state index in [1.807, 2.05) is 19.1 Å². The van der Waals surface area contributed by atoms with Gasteiger partial charge in [-0.3, -0.25) is 4.79 Å². The van der Waals surface area contributed by atoms with E-state index in [0.29, 0.717) is 12.0 Å². The Kier molecular flexibility index (Phi) is 5.75. The number of hydrogen-bond acceptors (Lipinski definition) is 5. The smallest absolute Gasteiger partial charge is 0.251 e. The Morgan fingerprint density at radius 1 is 1.31 bits per heavy atom. The number of benzene rings is 1. The SMILES string of the molecule is Cc1ccc(CCNS(=O)(=O)c2cccc(C(=O)N[C@@H]3CCNC3)c2)o1. The first-order valence-electron chi connectivity index (χ1n) is 8.61. The van der Waals surface area contributed by atoms with Crippen LogP contribution < -0.4 is 15.4 Å². The van der Waals surface area contributed by atoms with Crippen LogP contribution in [0.3, 0.4) is 0 Å². The highest BCUT2D eigenvalue weighted by molar-refractivity contribution is 7.89. The maximum atomic E-state index is 12.5. The predicted molar refractivity (Wildman–Crippen MR) is 97.5 cm³/mol. The number of aryl methyl sites for hydroxylation is 1. The van der Waals surface area contributed by atoms with E-state index in [2.05, 4.69) is 15.4 Å². The Balaban J connectivity index is 1.62. The third-order valence-corrected chi connectivity index (χ3v) is 5.72. The van der Waals surface area contributed by atoms with Gasteiger partial charge in [0.05, 0.1) is 4.90 Å². The van der Waals surface area contributed by atoms with Crippen LogP contribution in [0.15, 0.2) is 45.7 Å². The first kappa shape index (κ1) is 18.6. The highest BCUT2D eigenvalue weighted by Gasteiger charge is 2.20. The molecule has 0 spiro atoms. The minimum atomic E-state index is -3.69. The number of nitrogens with one attached hydrogen (secondary N) is 3. The second-order valence-corrected chi connectivity index (χ2v) is 8.12. The van der Waals surface area contributed by atoms with Crippen LogP contribution in [-0.2, 0) is 16.4 Å². The lowest BCUT2D eigenvalue weighted by atomic mass is 10.2. The van der Waals surface area contributed by atoms with Crippen molar-refractivity contribution >= 4 is 15.9 Å². The third kappa shape index (κ3) is 4.72. The van der Waals surface area contributed by atoms with Gasteiger partial charge in [0.2, 0.25) is 10.0 Å². The summed E-state index contributed by atoms with van der Waals surface area (Å²) in [7, 11) is -3.69. The highest BCUT2D eigenvalue weighted by Crippen LogP contribution is 2.13. The number of sulfonamides is 1. The summed E-state index contributed by atoms with van der Waals surface area (Å²) in [4.78, 5) is 12.4. The van der Waals surface area contributed by atoms with E-state index < -0.39 is 10.0 Å². The van der Waals surface area contributed by atoms with Crippen LogP contribution in [0.4, 0.5) is 0 Å². The van der Waals surface area contributed by atoms with Gasteiger partial charge in [-0.05, 0) is 50.2 Å². The molecule has 7 nitrogen and oxygen atoms in total. The normalized spacial score (nSPS) is 17.3. The zero-order valence-electron chi connectivity index (χ0n) is 14.6. The van der Waals surface area contributed by atoms with Crippen molar-refractivity contribution in [1.29, 1.82) is 0 Å². The van der Waals surface area contributed by atoms with Crippen LogP contribution in [0.1, 0.15) is 28.3 Å². The number of furan rings is 1. The van der Waals surface area contributed by atoms with Crippen molar-refractivity contribution in [3.05, 3.63) is 53.5 Å². The van der Waals surface area contributed by atoms with Gasteiger partial charge in [-0.1, -0.05) is 6.07 Å². The summed E-state index contributed by atoms with van der Waals surface area (Å²) in [6, 6.07) is 9.81. The van der Waals surface area contributed by atoms with Gasteiger partial charge in [0.1, 0.15) is 11.5 Å². The lowest BCUT2D eigenvalue weighted by Gasteiger charge is -2.12. The molecule has 0 bridgehead atoms. The number of amides is 1. The maximum Gasteiger partial charge on any atom is 0.251 e. The Hall–Kier alpha value is -2.16.